The molecule has 10 aromatic rings. The number of hydrogen-bond acceptors (Lipinski definition) is 0. The van der Waals surface area contributed by atoms with E-state index in [1.165, 1.54) is 0 Å². The van der Waals surface area contributed by atoms with Crippen LogP contribution in [-0.4, -0.2) is 0 Å². The first-order valence-electron chi connectivity index (χ1n) is 19.1. The Bertz CT molecular complexity index is 3250. The van der Waals surface area contributed by atoms with E-state index in [1.54, 1.807) is 0 Å². The van der Waals surface area contributed by atoms with Gasteiger partial charge in [-0.15, -0.1) is 0 Å². The van der Waals surface area contributed by atoms with E-state index in [4.69, 9.17) is 6.85 Å². The summed E-state index contributed by atoms with van der Waals surface area (Å²) < 4.78 is 82.1. The molecule has 0 atom stereocenters. The Morgan fingerprint density at radius 3 is 1.68 bits per heavy atom. The molecule has 0 bridgehead atoms. The molecule has 0 amide bonds. The van der Waals surface area contributed by atoms with Gasteiger partial charge < -0.3 is 0 Å². The van der Waals surface area contributed by atoms with Crippen molar-refractivity contribution in [1.29, 1.82) is 0 Å². The first-order valence-corrected chi connectivity index (χ1v) is 14.6. The molecule has 10 aromatic carbocycles. The average Bonchev–Trinajstić information content (AvgIpc) is 3.18. The van der Waals surface area contributed by atoms with Gasteiger partial charge >= 0.3 is 0 Å². The highest BCUT2D eigenvalue weighted by atomic mass is 14.2. The monoisotopic (exact) mass is 563 g/mol. The molecule has 0 saturated heterocycles. The minimum absolute atomic E-state index is 0.0351. The lowest BCUT2D eigenvalue weighted by molar-refractivity contribution is 1.70. The van der Waals surface area contributed by atoms with Gasteiger partial charge in [0.15, 0.2) is 0 Å². The number of rotatable bonds is 2. The summed E-state index contributed by atoms with van der Waals surface area (Å²) in [6.07, 6.45) is 0. The molecule has 0 heterocycles. The van der Waals surface area contributed by atoms with Crippen LogP contribution in [0.15, 0.2) is 158 Å². The largest absolute Gasteiger partial charge is 0.0630 e. The minimum atomic E-state index is -0.489. The van der Waals surface area contributed by atoms with Gasteiger partial charge in [0, 0.05) is 0 Å². The molecule has 0 heteroatoms. The predicted octanol–water partition coefficient (Wildman–Crippen LogP) is 12.5. The van der Waals surface area contributed by atoms with Crippen molar-refractivity contribution in [2.75, 3.05) is 0 Å². The van der Waals surface area contributed by atoms with Crippen LogP contribution in [0.25, 0.3) is 97.7 Å². The Morgan fingerprint density at radius 1 is 0.295 bits per heavy atom. The Kier molecular flexibility index (Phi) is 3.39. The summed E-state index contributed by atoms with van der Waals surface area (Å²) in [5, 5.41) is 7.74. The van der Waals surface area contributed by atoms with Gasteiger partial charge in [-0.25, -0.2) is 0 Å². The maximum atomic E-state index is 9.71. The number of benzene rings is 10. The number of hydrogen-bond donors (Lipinski definition) is 0. The van der Waals surface area contributed by atoms with E-state index in [1.807, 2.05) is 66.7 Å². The van der Waals surface area contributed by atoms with Crippen LogP contribution in [0.4, 0.5) is 0 Å². The topological polar surface area (TPSA) is 0 Å². The van der Waals surface area contributed by atoms with Gasteiger partial charge in [-0.1, -0.05) is 158 Å². The Hall–Kier alpha value is -5.72. The highest BCUT2D eigenvalue weighted by molar-refractivity contribution is 6.33. The van der Waals surface area contributed by atoms with E-state index in [-0.39, 0.29) is 68.1 Å². The molecule has 0 saturated carbocycles. The van der Waals surface area contributed by atoms with Crippen LogP contribution in [0, 0.1) is 0 Å². The van der Waals surface area contributed by atoms with Crippen LogP contribution < -0.4 is 0 Å². The summed E-state index contributed by atoms with van der Waals surface area (Å²) in [6, 6.07) is 31.3. The summed E-state index contributed by atoms with van der Waals surface area (Å²) in [5.74, 6) is 0. The lowest BCUT2D eigenvalue weighted by Crippen LogP contribution is -1.94. The van der Waals surface area contributed by atoms with Crippen LogP contribution in [0.5, 0.6) is 0 Å². The van der Waals surface area contributed by atoms with E-state index >= 15 is 0 Å². The summed E-state index contributed by atoms with van der Waals surface area (Å²) in [6.45, 7) is 0. The minimum Gasteiger partial charge on any atom is -0.0616 e. The smallest absolute Gasteiger partial charge is 0.0616 e. The molecule has 0 fully saturated rings. The molecule has 0 N–H and O–H groups in total. The zero-order chi connectivity index (χ0) is 36.6. The molecule has 0 aliphatic heterocycles. The van der Waals surface area contributed by atoms with Gasteiger partial charge in [-0.2, -0.15) is 0 Å². The van der Waals surface area contributed by atoms with Gasteiger partial charge in [-0.3, -0.25) is 0 Å². The molecule has 10 rings (SSSR count). The van der Waals surface area contributed by atoms with Crippen molar-refractivity contribution in [3.8, 4) is 22.3 Å². The summed E-state index contributed by atoms with van der Waals surface area (Å²) in [7, 11) is 0. The van der Waals surface area contributed by atoms with Crippen LogP contribution in [0.1, 0.15) is 12.3 Å². The number of fused-ring (bicyclic) bond motifs is 5. The molecule has 202 valence electrons. The van der Waals surface area contributed by atoms with Gasteiger partial charge in [0.2, 0.25) is 0 Å². The van der Waals surface area contributed by atoms with Crippen molar-refractivity contribution in [3.63, 3.8) is 0 Å². The molecule has 0 unspecified atom stereocenters. The third-order valence-corrected chi connectivity index (χ3v) is 9.04. The van der Waals surface area contributed by atoms with Crippen LogP contribution in [-0.2, 0) is 0 Å². The Balaban J connectivity index is 1.53. The first-order chi connectivity index (χ1) is 25.6. The van der Waals surface area contributed by atoms with Crippen LogP contribution in [0.2, 0.25) is 0 Å². The van der Waals surface area contributed by atoms with Crippen molar-refractivity contribution in [2.45, 2.75) is 0 Å². The molecule has 0 aliphatic rings. The average molecular weight is 564 g/mol. The zero-order valence-electron chi connectivity index (χ0n) is 32.3. The van der Waals surface area contributed by atoms with Crippen molar-refractivity contribution >= 4 is 75.4 Å². The van der Waals surface area contributed by atoms with Crippen molar-refractivity contribution in [1.82, 2.24) is 0 Å². The second kappa shape index (κ2) is 8.89. The maximum absolute atomic E-state index is 9.71. The van der Waals surface area contributed by atoms with Gasteiger partial charge in [-0.05, 0) is 97.7 Å². The van der Waals surface area contributed by atoms with E-state index in [9.17, 15) is 5.48 Å². The fourth-order valence-corrected chi connectivity index (χ4v) is 7.19. The Morgan fingerprint density at radius 2 is 0.886 bits per heavy atom. The van der Waals surface area contributed by atoms with E-state index in [0.717, 1.165) is 54.2 Å². The highest BCUT2D eigenvalue weighted by Gasteiger charge is 2.21. The highest BCUT2D eigenvalue weighted by Crippen LogP contribution is 2.49. The summed E-state index contributed by atoms with van der Waals surface area (Å²) >= 11 is 0. The second-order valence-electron chi connectivity index (χ2n) is 11.3. The van der Waals surface area contributed by atoms with E-state index in [2.05, 4.69) is 36.4 Å². The fourth-order valence-electron chi connectivity index (χ4n) is 7.19. The van der Waals surface area contributed by atoms with E-state index < -0.39 is 24.2 Å². The van der Waals surface area contributed by atoms with E-state index in [0.29, 0.717) is 5.56 Å². The first kappa shape index (κ1) is 16.8. The molecule has 0 aliphatic carbocycles. The molecule has 44 heavy (non-hydrogen) atoms. The van der Waals surface area contributed by atoms with Crippen LogP contribution in [0.3, 0.4) is 0 Å². The normalized spacial score (nSPS) is 15.0. The zero-order valence-corrected chi connectivity index (χ0v) is 23.3. The van der Waals surface area contributed by atoms with Crippen molar-refractivity contribution in [3.05, 3.63) is 158 Å². The third-order valence-electron chi connectivity index (χ3n) is 9.04. The fraction of sp³-hybridized carbons (Fsp3) is 0. The molecule has 0 aromatic heterocycles. The van der Waals surface area contributed by atoms with Gasteiger partial charge in [0.25, 0.3) is 0 Å². The molecular weight excluding hydrogens is 528 g/mol. The summed E-state index contributed by atoms with van der Waals surface area (Å²) in [5.41, 5.74) is 2.88. The third kappa shape index (κ3) is 3.17. The lowest BCUT2D eigenvalue weighted by Gasteiger charge is -2.22. The van der Waals surface area contributed by atoms with Gasteiger partial charge in [0.1, 0.15) is 0 Å². The molecule has 0 spiro atoms. The van der Waals surface area contributed by atoms with Gasteiger partial charge in [0.05, 0.1) is 12.3 Å². The maximum Gasteiger partial charge on any atom is 0.0630 e. The SMILES string of the molecule is [2H]c1c([2H])c2c([2H])c([2H])c3c([2H])c([2H])c(-c4c5ccccc5c(-c5cccc6ccccc56)c5ccc6ccccc6c45)c4c([2H])c([2H])c(c1[2H])c2c34. The Labute approximate surface area is 267 Å². The van der Waals surface area contributed by atoms with Crippen LogP contribution >= 0.6 is 0 Å². The van der Waals surface area contributed by atoms with Crippen molar-refractivity contribution in [2.24, 2.45) is 0 Å². The lowest BCUT2D eigenvalue weighted by atomic mass is 9.81. The summed E-state index contributed by atoms with van der Waals surface area (Å²) in [4.78, 5) is 0. The molecular formula is C44H26. The predicted molar refractivity (Wildman–Crippen MR) is 191 cm³/mol. The van der Waals surface area contributed by atoms with Crippen molar-refractivity contribution < 1.29 is 12.3 Å². The molecule has 0 nitrogen and oxygen atoms in total. The molecule has 0 radical (unpaired) electrons. The second-order valence-corrected chi connectivity index (χ2v) is 11.3. The standard InChI is InChI=1S/C44H26/c1-3-14-32-27(9-1)11-8-18-34(32)42-35-16-5-6-17-36(35)44(43-33-15-4-2-10-28(33)21-26-39(42)43)38-25-23-31-20-19-29-12-7-13-30-22-24-37(38)41(31)40(29)30/h1-26H/i7D,12D,13D,19D,20D,22D,23D,24D,25D. The quantitative estimate of drug-likeness (QED) is 0.145.